The Morgan fingerprint density at radius 2 is 1.72 bits per heavy atom. The molecular weight excluding hydrogens is 454 g/mol. The van der Waals surface area contributed by atoms with Gasteiger partial charge in [0.15, 0.2) is 17.3 Å². The van der Waals surface area contributed by atoms with E-state index in [0.29, 0.717) is 35.6 Å². The zero-order chi connectivity index (χ0) is 24.6. The second-order valence-corrected chi connectivity index (χ2v) is 10.3. The summed E-state index contributed by atoms with van der Waals surface area (Å²) in [4.78, 5) is 32.3. The number of rotatable bonds is 4. The number of hydrogen-bond donors (Lipinski definition) is 0. The maximum atomic E-state index is 13.8. The molecule has 0 aromatic heterocycles. The molecule has 186 valence electrons. The van der Waals surface area contributed by atoms with Crippen LogP contribution in [0.15, 0.2) is 64.8 Å². The molecule has 0 N–H and O–H groups in total. The van der Waals surface area contributed by atoms with E-state index in [1.54, 1.807) is 0 Å². The van der Waals surface area contributed by atoms with Gasteiger partial charge in [-0.05, 0) is 68.2 Å². The smallest absolute Gasteiger partial charge is 0.315 e. The number of hydrogen-bond acceptors (Lipinski definition) is 6. The molecule has 1 unspecified atom stereocenters. The molecule has 2 aliphatic carbocycles. The van der Waals surface area contributed by atoms with E-state index >= 15 is 0 Å². The average molecular weight is 486 g/mol. The highest BCUT2D eigenvalue weighted by atomic mass is 16.7. The van der Waals surface area contributed by atoms with Crippen molar-refractivity contribution in [1.29, 1.82) is 0 Å². The third kappa shape index (κ3) is 4.23. The van der Waals surface area contributed by atoms with E-state index in [2.05, 4.69) is 12.1 Å². The quantitative estimate of drug-likeness (QED) is 0.507. The van der Waals surface area contributed by atoms with Gasteiger partial charge in [-0.15, -0.1) is 0 Å². The third-order valence-corrected chi connectivity index (χ3v) is 8.00. The van der Waals surface area contributed by atoms with Gasteiger partial charge in [0.1, 0.15) is 12.0 Å². The largest absolute Gasteiger partial charge is 0.462 e. The number of nitrogens with zero attached hydrogens (tertiary/aromatic N) is 1. The lowest BCUT2D eigenvalue weighted by Crippen LogP contribution is -2.39. The lowest BCUT2D eigenvalue weighted by atomic mass is 9.69. The first-order valence-corrected chi connectivity index (χ1v) is 13.0. The molecule has 1 saturated carbocycles. The second-order valence-electron chi connectivity index (χ2n) is 10.3. The Bertz CT molecular complexity index is 1240. The molecule has 0 amide bonds. The maximum absolute atomic E-state index is 13.8. The van der Waals surface area contributed by atoms with Crippen molar-refractivity contribution in [2.75, 3.05) is 6.79 Å². The first-order valence-electron chi connectivity index (χ1n) is 13.0. The molecule has 6 nitrogen and oxygen atoms in total. The van der Waals surface area contributed by atoms with E-state index in [-0.39, 0.29) is 30.6 Å². The van der Waals surface area contributed by atoms with Crippen LogP contribution < -0.4 is 9.47 Å². The van der Waals surface area contributed by atoms with E-state index < -0.39 is 11.8 Å². The summed E-state index contributed by atoms with van der Waals surface area (Å²) in [5, 5.41) is 0. The van der Waals surface area contributed by atoms with Crippen molar-refractivity contribution in [2.45, 2.75) is 69.8 Å². The van der Waals surface area contributed by atoms with Crippen molar-refractivity contribution in [2.24, 2.45) is 10.9 Å². The van der Waals surface area contributed by atoms with E-state index in [1.807, 2.05) is 43.3 Å². The van der Waals surface area contributed by atoms with Crippen molar-refractivity contribution in [1.82, 2.24) is 0 Å². The molecule has 1 fully saturated rings. The Kier molecular flexibility index (Phi) is 6.12. The summed E-state index contributed by atoms with van der Waals surface area (Å²) >= 11 is 0. The van der Waals surface area contributed by atoms with Gasteiger partial charge in [-0.1, -0.05) is 42.8 Å². The highest BCUT2D eigenvalue weighted by molar-refractivity contribution is 6.09. The van der Waals surface area contributed by atoms with Gasteiger partial charge in [0.05, 0.1) is 0 Å². The minimum atomic E-state index is -0.636. The molecule has 4 aliphatic rings. The summed E-state index contributed by atoms with van der Waals surface area (Å²) in [5.74, 6) is 0.0804. The third-order valence-electron chi connectivity index (χ3n) is 8.00. The number of ketones is 1. The first kappa shape index (κ1) is 23.0. The van der Waals surface area contributed by atoms with E-state index in [1.165, 1.54) is 6.42 Å². The van der Waals surface area contributed by atoms with Crippen molar-refractivity contribution in [3.8, 4) is 11.5 Å². The number of carbonyl (C=O) groups is 2. The number of allylic oxidation sites excluding steroid dienone is 2. The molecule has 6 heteroatoms. The Morgan fingerprint density at radius 3 is 2.53 bits per heavy atom. The van der Waals surface area contributed by atoms with E-state index in [0.717, 1.165) is 42.5 Å². The van der Waals surface area contributed by atoms with Crippen molar-refractivity contribution in [3.63, 3.8) is 0 Å². The maximum Gasteiger partial charge on any atom is 0.315 e. The number of fused-ring (bicyclic) bond motifs is 1. The first-order chi connectivity index (χ1) is 17.6. The molecule has 0 radical (unpaired) electrons. The number of aliphatic imine (C=N–C) groups is 1. The van der Waals surface area contributed by atoms with E-state index in [4.69, 9.17) is 19.2 Å². The SMILES string of the molecule is CC1=NC2=C(C(=O)C[C@@H](c3ccccc3)C2)[C@@H](c2ccc3c(c2)OCO3)C1C(=O)OC1CCCCC1. The highest BCUT2D eigenvalue weighted by Crippen LogP contribution is 2.48. The molecule has 0 spiro atoms. The van der Waals surface area contributed by atoms with Crippen LogP contribution in [-0.4, -0.2) is 30.4 Å². The van der Waals surface area contributed by atoms with E-state index in [9.17, 15) is 9.59 Å². The lowest BCUT2D eigenvalue weighted by molar-refractivity contribution is -0.153. The average Bonchev–Trinajstić information content (AvgIpc) is 3.37. The van der Waals surface area contributed by atoms with Crippen molar-refractivity contribution in [3.05, 3.63) is 70.9 Å². The van der Waals surface area contributed by atoms with Crippen LogP contribution >= 0.6 is 0 Å². The Morgan fingerprint density at radius 1 is 0.944 bits per heavy atom. The topological polar surface area (TPSA) is 74.2 Å². The van der Waals surface area contributed by atoms with Gasteiger partial charge in [-0.25, -0.2) is 0 Å². The summed E-state index contributed by atoms with van der Waals surface area (Å²) in [6.07, 6.45) is 6.16. The fourth-order valence-corrected chi connectivity index (χ4v) is 6.21. The van der Waals surface area contributed by atoms with Gasteiger partial charge in [-0.2, -0.15) is 0 Å². The number of Topliss-reactive ketones (excluding diaryl/α,β-unsaturated/α-hetero) is 1. The number of carbonyl (C=O) groups excluding carboxylic acids is 2. The van der Waals surface area contributed by atoms with Gasteiger partial charge in [-0.3, -0.25) is 14.6 Å². The predicted octanol–water partition coefficient (Wildman–Crippen LogP) is 5.87. The van der Waals surface area contributed by atoms with Crippen LogP contribution in [0.25, 0.3) is 0 Å². The molecule has 36 heavy (non-hydrogen) atoms. The minimum absolute atomic E-state index is 0.0551. The van der Waals surface area contributed by atoms with Crippen molar-refractivity contribution < 1.29 is 23.8 Å². The predicted molar refractivity (Wildman–Crippen MR) is 135 cm³/mol. The van der Waals surface area contributed by atoms with Crippen LogP contribution in [0.4, 0.5) is 0 Å². The molecule has 2 heterocycles. The molecule has 0 bridgehead atoms. The Hall–Kier alpha value is -3.41. The lowest BCUT2D eigenvalue weighted by Gasteiger charge is -2.37. The molecule has 2 aromatic rings. The van der Waals surface area contributed by atoms with Crippen LogP contribution in [0.3, 0.4) is 0 Å². The molecule has 2 aromatic carbocycles. The van der Waals surface area contributed by atoms with Gasteiger partial charge in [0, 0.05) is 29.3 Å². The summed E-state index contributed by atoms with van der Waals surface area (Å²) in [5.41, 5.74) is 4.15. The minimum Gasteiger partial charge on any atom is -0.462 e. The van der Waals surface area contributed by atoms with Crippen LogP contribution in [0, 0.1) is 5.92 Å². The van der Waals surface area contributed by atoms with Crippen LogP contribution in [-0.2, 0) is 14.3 Å². The normalized spacial score (nSPS) is 25.9. The fraction of sp³-hybridized carbons (Fsp3) is 0.433. The molecule has 6 rings (SSSR count). The summed E-state index contributed by atoms with van der Waals surface area (Å²) in [6.45, 7) is 2.07. The standard InChI is InChI=1S/C30H31NO5/c1-18-27(30(33)36-22-10-6-3-7-11-22)28(20-12-13-25-26(16-20)35-17-34-25)29-23(31-18)14-21(15-24(29)32)19-8-4-2-5-9-19/h2,4-5,8-9,12-13,16,21-22,27-28H,3,6-7,10-11,14-15,17H2,1H3/t21-,27?,28-/m0/s1. The van der Waals surface area contributed by atoms with Crippen LogP contribution in [0.5, 0.6) is 11.5 Å². The zero-order valence-corrected chi connectivity index (χ0v) is 20.6. The number of ether oxygens (including phenoxy) is 3. The molecule has 3 atom stereocenters. The molecule has 2 aliphatic heterocycles. The molecule has 0 saturated heterocycles. The summed E-state index contributed by atoms with van der Waals surface area (Å²) < 4.78 is 17.2. The van der Waals surface area contributed by atoms with Gasteiger partial charge >= 0.3 is 5.97 Å². The number of esters is 1. The van der Waals surface area contributed by atoms with Crippen molar-refractivity contribution >= 4 is 17.5 Å². The summed E-state index contributed by atoms with van der Waals surface area (Å²) in [7, 11) is 0. The molecular formula is C30H31NO5. The Balaban J connectivity index is 1.39. The van der Waals surface area contributed by atoms with Gasteiger partial charge < -0.3 is 14.2 Å². The monoisotopic (exact) mass is 485 g/mol. The van der Waals surface area contributed by atoms with Gasteiger partial charge in [0.2, 0.25) is 6.79 Å². The van der Waals surface area contributed by atoms with Gasteiger partial charge in [0.25, 0.3) is 0 Å². The number of benzene rings is 2. The zero-order valence-electron chi connectivity index (χ0n) is 20.6. The fourth-order valence-electron chi connectivity index (χ4n) is 6.21. The van der Waals surface area contributed by atoms with Crippen LogP contribution in [0.1, 0.15) is 74.8 Å². The van der Waals surface area contributed by atoms with Crippen LogP contribution in [0.2, 0.25) is 0 Å². The highest BCUT2D eigenvalue weighted by Gasteiger charge is 2.45. The second kappa shape index (κ2) is 9.57. The summed E-state index contributed by atoms with van der Waals surface area (Å²) in [6, 6.07) is 15.9. The Labute approximate surface area is 211 Å².